The van der Waals surface area contributed by atoms with Gasteiger partial charge in [-0.1, -0.05) is 12.1 Å². The lowest BCUT2D eigenvalue weighted by atomic mass is 10.1. The number of aryl methyl sites for hydroxylation is 1. The molecule has 1 aliphatic heterocycles. The molecule has 0 bridgehead atoms. The number of phenolic OH excluding ortho intramolecular Hbond substituents is 1. The highest BCUT2D eigenvalue weighted by Crippen LogP contribution is 2.31. The molecular weight excluding hydrogens is 430 g/mol. The fraction of sp³-hybridized carbons (Fsp3) is 0.391. The average Bonchev–Trinajstić information content (AvgIpc) is 3.10. The topological polar surface area (TPSA) is 117 Å². The van der Waals surface area contributed by atoms with Crippen molar-refractivity contribution >= 4 is 28.5 Å². The number of aliphatic hydroxyl groups is 2. The number of benzene rings is 2. The molecule has 1 aliphatic rings. The fourth-order valence-electron chi connectivity index (χ4n) is 3.64. The van der Waals surface area contributed by atoms with Crippen LogP contribution in [0.15, 0.2) is 36.4 Å². The minimum Gasteiger partial charge on any atom is -0.508 e. The highest BCUT2D eigenvalue weighted by molar-refractivity contribution is 7.99. The van der Waals surface area contributed by atoms with E-state index in [1.165, 1.54) is 0 Å². The van der Waals surface area contributed by atoms with Gasteiger partial charge in [-0.05, 0) is 36.8 Å². The Kier molecular flexibility index (Phi) is 7.00. The van der Waals surface area contributed by atoms with Crippen molar-refractivity contribution in [2.45, 2.75) is 25.2 Å². The van der Waals surface area contributed by atoms with Crippen LogP contribution in [0.25, 0.3) is 22.3 Å². The predicted molar refractivity (Wildman–Crippen MR) is 125 cm³/mol. The Balaban J connectivity index is 1.53. The Morgan fingerprint density at radius 3 is 2.78 bits per heavy atom. The zero-order valence-electron chi connectivity index (χ0n) is 18.0. The van der Waals surface area contributed by atoms with Crippen LogP contribution in [-0.2, 0) is 4.74 Å². The van der Waals surface area contributed by atoms with Crippen molar-refractivity contribution in [3.05, 3.63) is 42.0 Å². The fourth-order valence-corrected chi connectivity index (χ4v) is 4.58. The summed E-state index contributed by atoms with van der Waals surface area (Å²) in [6, 6.07) is 10.8. The van der Waals surface area contributed by atoms with Crippen LogP contribution in [0.1, 0.15) is 5.56 Å². The van der Waals surface area contributed by atoms with Crippen LogP contribution in [0.4, 0.5) is 5.82 Å². The number of aliphatic hydroxyl groups excluding tert-OH is 2. The Bertz CT molecular complexity index is 1100. The van der Waals surface area contributed by atoms with Crippen molar-refractivity contribution in [2.24, 2.45) is 0 Å². The van der Waals surface area contributed by atoms with E-state index in [1.54, 1.807) is 37.1 Å². The highest BCUT2D eigenvalue weighted by Gasteiger charge is 2.34. The zero-order valence-corrected chi connectivity index (χ0v) is 18.8. The van der Waals surface area contributed by atoms with E-state index in [9.17, 15) is 15.3 Å². The van der Waals surface area contributed by atoms with Crippen molar-refractivity contribution in [1.82, 2.24) is 9.97 Å². The van der Waals surface area contributed by atoms with Gasteiger partial charge < -0.3 is 30.1 Å². The molecule has 2 heterocycles. The minimum absolute atomic E-state index is 0.157. The number of rotatable bonds is 8. The smallest absolute Gasteiger partial charge is 0.162 e. The molecule has 0 spiro atoms. The second-order valence-corrected chi connectivity index (χ2v) is 8.87. The summed E-state index contributed by atoms with van der Waals surface area (Å²) in [5.74, 6) is 3.48. The number of methoxy groups -OCH3 is 1. The van der Waals surface area contributed by atoms with E-state index in [4.69, 9.17) is 19.4 Å². The average molecular weight is 458 g/mol. The van der Waals surface area contributed by atoms with Crippen molar-refractivity contribution < 1.29 is 24.8 Å². The van der Waals surface area contributed by atoms with Crippen molar-refractivity contribution in [3.8, 4) is 22.9 Å². The number of anilines is 1. The van der Waals surface area contributed by atoms with Crippen LogP contribution in [0.3, 0.4) is 0 Å². The van der Waals surface area contributed by atoms with Crippen LogP contribution in [0.2, 0.25) is 0 Å². The standard InChI is InChI=1S/C23H27N3O5S/c1-13-8-17-16(10-19(13)30-2)23(26-22(25-17)14-4-3-5-15(27)9-14)24-6-7-32-12-20-21(29)18(28)11-31-20/h3-5,8-10,18,20-21,27-29H,6-7,11-12H2,1-2H3,(H,24,25,26)/t18-,20+,21-/m0/s1. The first kappa shape index (κ1) is 22.6. The van der Waals surface area contributed by atoms with Gasteiger partial charge in [0.05, 0.1) is 25.3 Å². The highest BCUT2D eigenvalue weighted by atomic mass is 32.2. The van der Waals surface area contributed by atoms with Gasteiger partial charge in [-0.15, -0.1) is 0 Å². The number of hydrogen-bond acceptors (Lipinski definition) is 9. The Morgan fingerprint density at radius 2 is 2.06 bits per heavy atom. The van der Waals surface area contributed by atoms with Crippen LogP contribution in [-0.4, -0.2) is 75.4 Å². The summed E-state index contributed by atoms with van der Waals surface area (Å²) in [6.07, 6.45) is -1.98. The maximum Gasteiger partial charge on any atom is 0.162 e. The molecule has 1 fully saturated rings. The maximum absolute atomic E-state index is 9.89. The summed E-state index contributed by atoms with van der Waals surface area (Å²) in [5.41, 5.74) is 2.48. The Morgan fingerprint density at radius 1 is 1.22 bits per heavy atom. The number of fused-ring (bicyclic) bond motifs is 1. The number of phenols is 1. The number of aromatic hydroxyl groups is 1. The molecule has 1 saturated heterocycles. The number of nitrogens with zero attached hydrogens (tertiary/aromatic N) is 2. The molecule has 0 saturated carbocycles. The molecule has 8 nitrogen and oxygen atoms in total. The molecule has 170 valence electrons. The van der Waals surface area contributed by atoms with Gasteiger partial charge in [0.25, 0.3) is 0 Å². The van der Waals surface area contributed by atoms with Gasteiger partial charge in [0, 0.05) is 29.0 Å². The zero-order chi connectivity index (χ0) is 22.7. The van der Waals surface area contributed by atoms with E-state index in [2.05, 4.69) is 5.32 Å². The van der Waals surface area contributed by atoms with E-state index in [1.807, 2.05) is 25.1 Å². The normalized spacial score (nSPS) is 20.6. The van der Waals surface area contributed by atoms with Gasteiger partial charge in [-0.25, -0.2) is 9.97 Å². The van der Waals surface area contributed by atoms with E-state index >= 15 is 0 Å². The number of aromatic nitrogens is 2. The number of ether oxygens (including phenoxy) is 2. The second kappa shape index (κ2) is 9.91. The summed E-state index contributed by atoms with van der Waals surface area (Å²) in [5, 5.41) is 33.6. The number of nitrogens with one attached hydrogen (secondary N) is 1. The first-order valence-electron chi connectivity index (χ1n) is 10.4. The molecule has 2 aromatic carbocycles. The lowest BCUT2D eigenvalue weighted by molar-refractivity contribution is 0.0337. The first-order chi connectivity index (χ1) is 15.5. The molecule has 0 amide bonds. The van der Waals surface area contributed by atoms with Crippen molar-refractivity contribution in [3.63, 3.8) is 0 Å². The molecule has 0 unspecified atom stereocenters. The van der Waals surface area contributed by atoms with Crippen LogP contribution >= 0.6 is 11.8 Å². The molecular formula is C23H27N3O5S. The minimum atomic E-state index is -0.832. The summed E-state index contributed by atoms with van der Waals surface area (Å²) >= 11 is 1.63. The molecule has 1 aromatic heterocycles. The third-order valence-electron chi connectivity index (χ3n) is 5.39. The molecule has 9 heteroatoms. The first-order valence-corrected chi connectivity index (χ1v) is 11.6. The molecule has 32 heavy (non-hydrogen) atoms. The Hall–Kier alpha value is -2.59. The lowest BCUT2D eigenvalue weighted by Crippen LogP contribution is -2.31. The summed E-state index contributed by atoms with van der Waals surface area (Å²) in [4.78, 5) is 9.42. The molecule has 0 aliphatic carbocycles. The van der Waals surface area contributed by atoms with Gasteiger partial charge in [-0.3, -0.25) is 0 Å². The van der Waals surface area contributed by atoms with E-state index in [0.29, 0.717) is 23.9 Å². The summed E-state index contributed by atoms with van der Waals surface area (Å²) < 4.78 is 10.9. The third kappa shape index (κ3) is 4.91. The number of hydrogen-bond donors (Lipinski definition) is 4. The van der Waals surface area contributed by atoms with Crippen LogP contribution < -0.4 is 10.1 Å². The van der Waals surface area contributed by atoms with E-state index < -0.39 is 12.2 Å². The quantitative estimate of drug-likeness (QED) is 0.379. The van der Waals surface area contributed by atoms with E-state index in [0.717, 1.165) is 33.5 Å². The van der Waals surface area contributed by atoms with Gasteiger partial charge >= 0.3 is 0 Å². The van der Waals surface area contributed by atoms with Gasteiger partial charge in [0.1, 0.15) is 29.5 Å². The van der Waals surface area contributed by atoms with Crippen LogP contribution in [0, 0.1) is 6.92 Å². The molecule has 0 radical (unpaired) electrons. The van der Waals surface area contributed by atoms with Crippen molar-refractivity contribution in [1.29, 1.82) is 0 Å². The summed E-state index contributed by atoms with van der Waals surface area (Å²) in [7, 11) is 1.64. The molecule has 4 rings (SSSR count). The van der Waals surface area contributed by atoms with E-state index in [-0.39, 0.29) is 18.5 Å². The Labute approximate surface area is 190 Å². The molecule has 3 aromatic rings. The lowest BCUT2D eigenvalue weighted by Gasteiger charge is -2.15. The van der Waals surface area contributed by atoms with Gasteiger partial charge in [0.15, 0.2) is 5.82 Å². The molecule has 4 N–H and O–H groups in total. The maximum atomic E-state index is 9.89. The number of thioether (sulfide) groups is 1. The second-order valence-electron chi connectivity index (χ2n) is 7.72. The summed E-state index contributed by atoms with van der Waals surface area (Å²) in [6.45, 7) is 2.78. The SMILES string of the molecule is COc1cc2c(NCCSC[C@H]3OC[C@H](O)[C@@H]3O)nc(-c3cccc(O)c3)nc2cc1C. The molecule has 3 atom stereocenters. The van der Waals surface area contributed by atoms with Crippen molar-refractivity contribution in [2.75, 3.05) is 37.1 Å². The third-order valence-corrected chi connectivity index (χ3v) is 6.45. The predicted octanol–water partition coefficient (Wildman–Crippen LogP) is 2.59. The van der Waals surface area contributed by atoms with Gasteiger partial charge in [-0.2, -0.15) is 11.8 Å². The van der Waals surface area contributed by atoms with Crippen LogP contribution in [0.5, 0.6) is 11.5 Å². The monoisotopic (exact) mass is 457 g/mol. The largest absolute Gasteiger partial charge is 0.508 e. The van der Waals surface area contributed by atoms with Gasteiger partial charge in [0.2, 0.25) is 0 Å².